The van der Waals surface area contributed by atoms with E-state index in [0.717, 1.165) is 16.0 Å². The van der Waals surface area contributed by atoms with Gasteiger partial charge in [-0.25, -0.2) is 4.79 Å². The van der Waals surface area contributed by atoms with Crippen LogP contribution in [0.4, 0.5) is 4.79 Å². The van der Waals surface area contributed by atoms with E-state index in [9.17, 15) is 14.7 Å². The van der Waals surface area contributed by atoms with Crippen LogP contribution in [0.3, 0.4) is 0 Å². The van der Waals surface area contributed by atoms with Gasteiger partial charge in [0.15, 0.2) is 0 Å². The Morgan fingerprint density at radius 2 is 2.05 bits per heavy atom. The number of aryl methyl sites for hydroxylation is 2. The van der Waals surface area contributed by atoms with Gasteiger partial charge in [-0.3, -0.25) is 9.69 Å². The van der Waals surface area contributed by atoms with E-state index in [4.69, 9.17) is 4.74 Å². The summed E-state index contributed by atoms with van der Waals surface area (Å²) >= 11 is 0. The molecule has 1 fully saturated rings. The van der Waals surface area contributed by atoms with Crippen molar-refractivity contribution in [2.45, 2.75) is 20.0 Å². The van der Waals surface area contributed by atoms with Crippen molar-refractivity contribution in [3.05, 3.63) is 29.3 Å². The summed E-state index contributed by atoms with van der Waals surface area (Å²) in [6.07, 6.45) is -0.913. The van der Waals surface area contributed by atoms with Crippen LogP contribution >= 0.6 is 0 Å². The summed E-state index contributed by atoms with van der Waals surface area (Å²) in [4.78, 5) is 25.7. The molecule has 0 bridgehead atoms. The van der Waals surface area contributed by atoms with E-state index < -0.39 is 6.10 Å². The monoisotopic (exact) mass is 292 g/mol. The van der Waals surface area contributed by atoms with Crippen LogP contribution in [0.15, 0.2) is 18.2 Å². The molecule has 1 aromatic carbocycles. The fourth-order valence-corrected chi connectivity index (χ4v) is 2.16. The normalized spacial score (nSPS) is 16.6. The first-order valence-electron chi connectivity index (χ1n) is 6.82. The maximum absolute atomic E-state index is 11.7. The maximum atomic E-state index is 11.7. The smallest absolute Gasteiger partial charge is 0.327 e. The molecule has 1 aromatic rings. The summed E-state index contributed by atoms with van der Waals surface area (Å²) < 4.78 is 5.57. The van der Waals surface area contributed by atoms with Crippen LogP contribution in [0.1, 0.15) is 11.1 Å². The van der Waals surface area contributed by atoms with Crippen molar-refractivity contribution in [1.29, 1.82) is 0 Å². The minimum atomic E-state index is -0.913. The van der Waals surface area contributed by atoms with Crippen molar-refractivity contribution in [1.82, 2.24) is 9.80 Å². The number of carbonyl (C=O) groups is 2. The number of likely N-dealkylation sites (N-methyl/N-ethyl adjacent to an activating group) is 1. The lowest BCUT2D eigenvalue weighted by Gasteiger charge is -2.19. The van der Waals surface area contributed by atoms with Crippen molar-refractivity contribution in [3.63, 3.8) is 0 Å². The van der Waals surface area contributed by atoms with E-state index in [1.54, 1.807) is 7.05 Å². The van der Waals surface area contributed by atoms with Gasteiger partial charge < -0.3 is 14.7 Å². The van der Waals surface area contributed by atoms with Crippen LogP contribution in [0, 0.1) is 13.8 Å². The first kappa shape index (κ1) is 15.3. The van der Waals surface area contributed by atoms with E-state index in [0.29, 0.717) is 5.75 Å². The zero-order valence-corrected chi connectivity index (χ0v) is 12.5. The Bertz CT molecular complexity index is 559. The summed E-state index contributed by atoms with van der Waals surface area (Å²) in [5.41, 5.74) is 2.04. The molecule has 3 amide bonds. The third-order valence-corrected chi connectivity index (χ3v) is 3.40. The van der Waals surface area contributed by atoms with Gasteiger partial charge in [-0.15, -0.1) is 0 Å². The number of rotatable bonds is 5. The second-order valence-corrected chi connectivity index (χ2v) is 5.38. The molecule has 6 heteroatoms. The highest BCUT2D eigenvalue weighted by molar-refractivity contribution is 6.01. The van der Waals surface area contributed by atoms with E-state index in [1.807, 2.05) is 32.0 Å². The quantitative estimate of drug-likeness (QED) is 0.820. The Kier molecular flexibility index (Phi) is 4.47. The third-order valence-electron chi connectivity index (χ3n) is 3.40. The van der Waals surface area contributed by atoms with Crippen molar-refractivity contribution in [2.24, 2.45) is 0 Å². The summed E-state index contributed by atoms with van der Waals surface area (Å²) in [5.74, 6) is 0.401. The molecular weight excluding hydrogens is 272 g/mol. The number of imide groups is 1. The summed E-state index contributed by atoms with van der Waals surface area (Å²) in [5, 5.41) is 9.96. The number of aliphatic hydroxyl groups excluding tert-OH is 1. The number of nitrogens with zero attached hydrogens (tertiary/aromatic N) is 2. The van der Waals surface area contributed by atoms with Gasteiger partial charge in [0.2, 0.25) is 5.91 Å². The minimum Gasteiger partial charge on any atom is -0.491 e. The number of hydrogen-bond acceptors (Lipinski definition) is 4. The fourth-order valence-electron chi connectivity index (χ4n) is 2.16. The molecule has 0 radical (unpaired) electrons. The lowest BCUT2D eigenvalue weighted by Crippen LogP contribution is -2.40. The highest BCUT2D eigenvalue weighted by Gasteiger charge is 2.34. The number of β-amino-alcohol motifs (C(OH)–C–C–N with tert-alkyl or cyclic N) is 1. The van der Waals surface area contributed by atoms with E-state index in [1.165, 1.54) is 4.90 Å². The standard InChI is InChI=1S/C15H20N2O4/c1-10-4-5-11(2)13(6-10)21-9-12(18)7-17-14(19)8-16(3)15(17)20/h4-6,12,18H,7-9H2,1-3H3/t12-/m0/s1. The number of benzene rings is 1. The molecule has 2 rings (SSSR count). The highest BCUT2D eigenvalue weighted by Crippen LogP contribution is 2.19. The molecule has 6 nitrogen and oxygen atoms in total. The first-order chi connectivity index (χ1) is 9.88. The number of carbonyl (C=O) groups excluding carboxylic acids is 2. The number of hydrogen-bond donors (Lipinski definition) is 1. The second kappa shape index (κ2) is 6.13. The molecule has 1 aliphatic heterocycles. The zero-order chi connectivity index (χ0) is 15.6. The van der Waals surface area contributed by atoms with Gasteiger partial charge in [0.05, 0.1) is 6.54 Å². The van der Waals surface area contributed by atoms with Crippen molar-refractivity contribution >= 4 is 11.9 Å². The SMILES string of the molecule is Cc1ccc(C)c(OC[C@@H](O)CN2C(=O)CN(C)C2=O)c1. The first-order valence-corrected chi connectivity index (χ1v) is 6.82. The molecule has 1 atom stereocenters. The minimum absolute atomic E-state index is 0.0328. The molecule has 1 heterocycles. The average Bonchev–Trinajstić information content (AvgIpc) is 2.66. The number of ether oxygens (including phenoxy) is 1. The molecule has 114 valence electrons. The van der Waals surface area contributed by atoms with Gasteiger partial charge in [0.25, 0.3) is 0 Å². The number of urea groups is 1. The van der Waals surface area contributed by atoms with E-state index in [2.05, 4.69) is 0 Å². The van der Waals surface area contributed by atoms with Crippen LogP contribution in [0.2, 0.25) is 0 Å². The Morgan fingerprint density at radius 3 is 2.67 bits per heavy atom. The number of amides is 3. The topological polar surface area (TPSA) is 70.1 Å². The molecule has 0 saturated carbocycles. The second-order valence-electron chi connectivity index (χ2n) is 5.38. The van der Waals surface area contributed by atoms with Crippen LogP contribution in [0.5, 0.6) is 5.75 Å². The van der Waals surface area contributed by atoms with Gasteiger partial charge in [-0.2, -0.15) is 0 Å². The highest BCUT2D eigenvalue weighted by atomic mass is 16.5. The van der Waals surface area contributed by atoms with Gasteiger partial charge >= 0.3 is 6.03 Å². The van der Waals surface area contributed by atoms with Crippen LogP contribution in [-0.4, -0.2) is 59.7 Å². The Morgan fingerprint density at radius 1 is 1.33 bits per heavy atom. The average molecular weight is 292 g/mol. The van der Waals surface area contributed by atoms with E-state index in [-0.39, 0.29) is 31.6 Å². The van der Waals surface area contributed by atoms with Crippen LogP contribution in [0.25, 0.3) is 0 Å². The van der Waals surface area contributed by atoms with Gasteiger partial charge in [-0.05, 0) is 31.0 Å². The van der Waals surface area contributed by atoms with Gasteiger partial charge in [0, 0.05) is 7.05 Å². The predicted octanol–water partition coefficient (Wildman–Crippen LogP) is 0.937. The van der Waals surface area contributed by atoms with Crippen LogP contribution < -0.4 is 4.74 Å². The zero-order valence-electron chi connectivity index (χ0n) is 12.5. The van der Waals surface area contributed by atoms with Gasteiger partial charge in [-0.1, -0.05) is 12.1 Å². The Labute approximate surface area is 123 Å². The summed E-state index contributed by atoms with van der Waals surface area (Å²) in [7, 11) is 1.55. The molecule has 1 saturated heterocycles. The molecular formula is C15H20N2O4. The predicted molar refractivity (Wildman–Crippen MR) is 77.2 cm³/mol. The van der Waals surface area contributed by atoms with Crippen LogP contribution in [-0.2, 0) is 4.79 Å². The molecule has 0 aliphatic carbocycles. The van der Waals surface area contributed by atoms with Crippen molar-refractivity contribution in [3.8, 4) is 5.75 Å². The molecule has 0 aromatic heterocycles. The summed E-state index contributed by atoms with van der Waals surface area (Å²) in [6.45, 7) is 3.92. The molecule has 0 unspecified atom stereocenters. The lowest BCUT2D eigenvalue weighted by molar-refractivity contribution is -0.126. The Hall–Kier alpha value is -2.08. The van der Waals surface area contributed by atoms with Gasteiger partial charge in [0.1, 0.15) is 25.0 Å². The maximum Gasteiger partial charge on any atom is 0.327 e. The fraction of sp³-hybridized carbons (Fsp3) is 0.467. The number of aliphatic hydroxyl groups is 1. The molecule has 0 spiro atoms. The Balaban J connectivity index is 1.90. The lowest BCUT2D eigenvalue weighted by atomic mass is 10.1. The third kappa shape index (κ3) is 3.52. The largest absolute Gasteiger partial charge is 0.491 e. The van der Waals surface area contributed by atoms with Crippen molar-refractivity contribution in [2.75, 3.05) is 26.7 Å². The molecule has 21 heavy (non-hydrogen) atoms. The molecule has 1 N–H and O–H groups in total. The van der Waals surface area contributed by atoms with Crippen molar-refractivity contribution < 1.29 is 19.4 Å². The molecule has 1 aliphatic rings. The summed E-state index contributed by atoms with van der Waals surface area (Å²) in [6, 6.07) is 5.43. The van der Waals surface area contributed by atoms with E-state index >= 15 is 0 Å².